The topological polar surface area (TPSA) is 44.0 Å². The Bertz CT molecular complexity index is 560. The lowest BCUT2D eigenvalue weighted by Gasteiger charge is -2.07. The Hall–Kier alpha value is -1.50. The molecule has 0 radical (unpaired) electrons. The number of hydrogen-bond donors (Lipinski definition) is 1. The van der Waals surface area contributed by atoms with Crippen LogP contribution in [0.5, 0.6) is 0 Å². The van der Waals surface area contributed by atoms with Crippen molar-refractivity contribution < 1.29 is 5.11 Å². The Labute approximate surface area is 105 Å². The highest BCUT2D eigenvalue weighted by Gasteiger charge is 2.05. The van der Waals surface area contributed by atoms with Crippen molar-refractivity contribution >= 4 is 22.5 Å². The molecule has 86 valence electrons. The van der Waals surface area contributed by atoms with Crippen molar-refractivity contribution in [3.05, 3.63) is 42.0 Å². The molecule has 17 heavy (non-hydrogen) atoms. The normalized spacial score (nSPS) is 10.4. The predicted octanol–water partition coefficient (Wildman–Crippen LogP) is 3.19. The summed E-state index contributed by atoms with van der Waals surface area (Å²) in [5, 5.41) is 20.0. The fourth-order valence-electron chi connectivity index (χ4n) is 1.74. The van der Waals surface area contributed by atoms with Crippen LogP contribution in [0.15, 0.2) is 41.3 Å². The lowest BCUT2D eigenvalue weighted by Crippen LogP contribution is -1.87. The summed E-state index contributed by atoms with van der Waals surface area (Å²) in [6.45, 7) is 0.223. The van der Waals surface area contributed by atoms with Crippen LogP contribution in [0, 0.1) is 11.3 Å². The predicted molar refractivity (Wildman–Crippen MR) is 71.1 cm³/mol. The van der Waals surface area contributed by atoms with Crippen LogP contribution in [-0.2, 0) is 0 Å². The van der Waals surface area contributed by atoms with Gasteiger partial charge in [0.25, 0.3) is 0 Å². The number of nitrogens with zero attached hydrogens (tertiary/aromatic N) is 1. The molecule has 0 aliphatic heterocycles. The molecular formula is C14H13NOS. The van der Waals surface area contributed by atoms with Gasteiger partial charge in [0.1, 0.15) is 0 Å². The molecule has 0 saturated carbocycles. The molecule has 0 spiro atoms. The van der Waals surface area contributed by atoms with E-state index in [1.54, 1.807) is 11.8 Å². The third kappa shape index (κ3) is 2.60. The first-order chi connectivity index (χ1) is 8.36. The van der Waals surface area contributed by atoms with E-state index in [2.05, 4.69) is 6.07 Å². The monoisotopic (exact) mass is 243 g/mol. The second-order valence-corrected chi connectivity index (χ2v) is 4.83. The maximum atomic E-state index is 9.05. The van der Waals surface area contributed by atoms with Crippen LogP contribution in [0.3, 0.4) is 0 Å². The van der Waals surface area contributed by atoms with Gasteiger partial charge in [0.2, 0.25) is 0 Å². The highest BCUT2D eigenvalue weighted by atomic mass is 32.2. The molecule has 0 aromatic heterocycles. The van der Waals surface area contributed by atoms with Gasteiger partial charge in [-0.3, -0.25) is 0 Å². The number of thioether (sulfide) groups is 1. The van der Waals surface area contributed by atoms with Crippen LogP contribution in [0.25, 0.3) is 10.8 Å². The zero-order valence-electron chi connectivity index (χ0n) is 9.39. The lowest BCUT2D eigenvalue weighted by molar-refractivity contribution is 0.296. The van der Waals surface area contributed by atoms with Gasteiger partial charge >= 0.3 is 0 Å². The number of fused-ring (bicyclic) bond motifs is 1. The highest BCUT2D eigenvalue weighted by molar-refractivity contribution is 7.99. The molecule has 0 atom stereocenters. The van der Waals surface area contributed by atoms with E-state index >= 15 is 0 Å². The van der Waals surface area contributed by atoms with Gasteiger partial charge in [0.15, 0.2) is 0 Å². The number of aliphatic hydroxyl groups is 1. The Morgan fingerprint density at radius 3 is 2.59 bits per heavy atom. The van der Waals surface area contributed by atoms with Crippen LogP contribution in [0.4, 0.5) is 0 Å². The molecular weight excluding hydrogens is 230 g/mol. The van der Waals surface area contributed by atoms with E-state index in [-0.39, 0.29) is 6.61 Å². The molecule has 0 fully saturated rings. The summed E-state index contributed by atoms with van der Waals surface area (Å²) in [6, 6.07) is 14.0. The summed E-state index contributed by atoms with van der Waals surface area (Å²) in [7, 11) is 0. The fraction of sp³-hybridized carbons (Fsp3) is 0.214. The molecule has 3 heteroatoms. The number of hydrogen-bond acceptors (Lipinski definition) is 3. The first-order valence-electron chi connectivity index (χ1n) is 5.52. The van der Waals surface area contributed by atoms with Gasteiger partial charge in [-0.2, -0.15) is 5.26 Å². The van der Waals surface area contributed by atoms with E-state index in [9.17, 15) is 0 Å². The first-order valence-corrected chi connectivity index (χ1v) is 6.51. The Morgan fingerprint density at radius 1 is 1.12 bits per heavy atom. The summed E-state index contributed by atoms with van der Waals surface area (Å²) in [6.07, 6.45) is 0.791. The van der Waals surface area contributed by atoms with Crippen LogP contribution in [0.1, 0.15) is 12.0 Å². The number of benzene rings is 2. The molecule has 0 aliphatic carbocycles. The molecule has 0 heterocycles. The average molecular weight is 243 g/mol. The van der Waals surface area contributed by atoms with Crippen LogP contribution in [-0.4, -0.2) is 17.5 Å². The van der Waals surface area contributed by atoms with Crippen LogP contribution < -0.4 is 0 Å². The maximum Gasteiger partial charge on any atom is 0.0998 e. The Balaban J connectivity index is 2.41. The van der Waals surface area contributed by atoms with Gasteiger partial charge in [-0.15, -0.1) is 11.8 Å². The molecule has 0 bridgehead atoms. The summed E-state index contributed by atoms with van der Waals surface area (Å²) in [5.41, 5.74) is 0.715. The average Bonchev–Trinajstić information content (AvgIpc) is 2.39. The van der Waals surface area contributed by atoms with Gasteiger partial charge < -0.3 is 5.11 Å². The van der Waals surface area contributed by atoms with Crippen LogP contribution in [0.2, 0.25) is 0 Å². The molecule has 2 aromatic carbocycles. The Kier molecular flexibility index (Phi) is 4.03. The second kappa shape index (κ2) is 5.72. The van der Waals surface area contributed by atoms with Gasteiger partial charge in [0, 0.05) is 22.6 Å². The van der Waals surface area contributed by atoms with Crippen molar-refractivity contribution in [3.63, 3.8) is 0 Å². The smallest absolute Gasteiger partial charge is 0.0998 e. The highest BCUT2D eigenvalue weighted by Crippen LogP contribution is 2.30. The van der Waals surface area contributed by atoms with E-state index in [0.717, 1.165) is 22.9 Å². The molecule has 2 aromatic rings. The zero-order valence-corrected chi connectivity index (χ0v) is 10.2. The SMILES string of the molecule is N#Cc1ccc(SCCCO)c2ccccc12. The van der Waals surface area contributed by atoms with Crippen LogP contribution >= 0.6 is 11.8 Å². The van der Waals surface area contributed by atoms with Crippen molar-refractivity contribution in [3.8, 4) is 6.07 Å². The van der Waals surface area contributed by atoms with Gasteiger partial charge in [-0.1, -0.05) is 24.3 Å². The third-order valence-corrected chi connectivity index (χ3v) is 3.72. The minimum atomic E-state index is 0.223. The zero-order chi connectivity index (χ0) is 12.1. The first kappa shape index (κ1) is 12.0. The fourth-order valence-corrected chi connectivity index (χ4v) is 2.73. The van der Waals surface area contributed by atoms with E-state index < -0.39 is 0 Å². The van der Waals surface area contributed by atoms with Gasteiger partial charge in [-0.05, 0) is 23.9 Å². The molecule has 0 amide bonds. The Morgan fingerprint density at radius 2 is 1.88 bits per heavy atom. The molecule has 0 saturated heterocycles. The number of rotatable bonds is 4. The molecule has 2 rings (SSSR count). The van der Waals surface area contributed by atoms with Crippen molar-refractivity contribution in [2.45, 2.75) is 11.3 Å². The van der Waals surface area contributed by atoms with Crippen molar-refractivity contribution in [2.75, 3.05) is 12.4 Å². The minimum Gasteiger partial charge on any atom is -0.396 e. The molecule has 2 nitrogen and oxygen atoms in total. The van der Waals surface area contributed by atoms with E-state index in [1.165, 1.54) is 4.90 Å². The van der Waals surface area contributed by atoms with E-state index in [1.807, 2.05) is 36.4 Å². The summed E-state index contributed by atoms with van der Waals surface area (Å²) in [5.74, 6) is 0.895. The second-order valence-electron chi connectivity index (χ2n) is 3.69. The maximum absolute atomic E-state index is 9.05. The molecule has 0 unspecified atom stereocenters. The third-order valence-electron chi connectivity index (χ3n) is 2.56. The summed E-state index contributed by atoms with van der Waals surface area (Å²) < 4.78 is 0. The lowest BCUT2D eigenvalue weighted by atomic mass is 10.1. The minimum absolute atomic E-state index is 0.223. The summed E-state index contributed by atoms with van der Waals surface area (Å²) >= 11 is 1.72. The largest absolute Gasteiger partial charge is 0.396 e. The standard InChI is InChI=1S/C14H13NOS/c15-10-11-6-7-14(17-9-3-8-16)13-5-2-1-4-12(11)13/h1-2,4-7,16H,3,8-9H2. The van der Waals surface area contributed by atoms with Crippen molar-refractivity contribution in [1.82, 2.24) is 0 Å². The quantitative estimate of drug-likeness (QED) is 0.662. The van der Waals surface area contributed by atoms with E-state index in [4.69, 9.17) is 10.4 Å². The van der Waals surface area contributed by atoms with Crippen molar-refractivity contribution in [1.29, 1.82) is 5.26 Å². The van der Waals surface area contributed by atoms with Gasteiger partial charge in [0.05, 0.1) is 11.6 Å². The van der Waals surface area contributed by atoms with Crippen molar-refractivity contribution in [2.24, 2.45) is 0 Å². The number of aliphatic hydroxyl groups excluding tert-OH is 1. The van der Waals surface area contributed by atoms with E-state index in [0.29, 0.717) is 5.56 Å². The number of nitriles is 1. The molecule has 0 aliphatic rings. The molecule has 1 N–H and O–H groups in total. The summed E-state index contributed by atoms with van der Waals surface area (Å²) in [4.78, 5) is 1.17. The van der Waals surface area contributed by atoms with Gasteiger partial charge in [-0.25, -0.2) is 0 Å².